The van der Waals surface area contributed by atoms with E-state index in [2.05, 4.69) is 4.90 Å². The molecule has 1 aromatic rings. The van der Waals surface area contributed by atoms with Crippen molar-refractivity contribution in [3.8, 4) is 0 Å². The fraction of sp³-hybridized carbons (Fsp3) is 0.600. The quantitative estimate of drug-likeness (QED) is 0.780. The van der Waals surface area contributed by atoms with Crippen molar-refractivity contribution in [1.29, 1.82) is 0 Å². The van der Waals surface area contributed by atoms with E-state index in [1.165, 1.54) is 16.2 Å². The van der Waals surface area contributed by atoms with Crippen LogP contribution in [0.5, 0.6) is 0 Å². The maximum atomic E-state index is 11.1. The van der Waals surface area contributed by atoms with Gasteiger partial charge in [-0.1, -0.05) is 0 Å². The van der Waals surface area contributed by atoms with E-state index in [1.54, 1.807) is 6.07 Å². The highest BCUT2D eigenvalue weighted by Crippen LogP contribution is 2.41. The third kappa shape index (κ3) is 1.69. The summed E-state index contributed by atoms with van der Waals surface area (Å²) in [4.78, 5) is 3.52. The number of hydrogen-bond donors (Lipinski definition) is 1. The molecule has 1 N–H and O–H groups in total. The third-order valence-corrected chi connectivity index (χ3v) is 6.07. The second-order valence-electron chi connectivity index (χ2n) is 4.48. The molecule has 0 spiro atoms. The van der Waals surface area contributed by atoms with E-state index in [0.717, 1.165) is 38.0 Å². The molecule has 0 radical (unpaired) electrons. The van der Waals surface area contributed by atoms with Crippen molar-refractivity contribution in [3.63, 3.8) is 0 Å². The van der Waals surface area contributed by atoms with Gasteiger partial charge in [-0.25, -0.2) is 0 Å². The summed E-state index contributed by atoms with van der Waals surface area (Å²) in [5.74, 6) is 0.495. The van der Waals surface area contributed by atoms with Gasteiger partial charge in [0.05, 0.1) is 0 Å². The molecular formula is C10H13NO3S2. The van der Waals surface area contributed by atoms with Crippen LogP contribution in [0.15, 0.2) is 10.3 Å². The van der Waals surface area contributed by atoms with E-state index in [9.17, 15) is 8.42 Å². The number of piperidine rings is 1. The Hall–Kier alpha value is -0.430. The zero-order valence-corrected chi connectivity index (χ0v) is 10.4. The van der Waals surface area contributed by atoms with Crippen molar-refractivity contribution in [2.24, 2.45) is 0 Å². The summed E-state index contributed by atoms with van der Waals surface area (Å²) >= 11 is 1.25. The van der Waals surface area contributed by atoms with E-state index >= 15 is 0 Å². The van der Waals surface area contributed by atoms with Gasteiger partial charge in [-0.15, -0.1) is 11.3 Å². The Balaban J connectivity index is 2.09. The molecule has 1 fully saturated rings. The Morgan fingerprint density at radius 3 is 2.69 bits per heavy atom. The first-order valence-electron chi connectivity index (χ1n) is 5.36. The average molecular weight is 259 g/mol. The number of rotatable bonds is 1. The predicted octanol–water partition coefficient (Wildman–Crippen LogP) is 1.69. The standard InChI is InChI=1S/C10H13NO3S2/c12-16(13,14)9-5-8-6-11-3-1-7(2-4-11)10(8)15-9/h5,7H,1-4,6H2,(H,12,13,14). The molecule has 0 aromatic carbocycles. The Morgan fingerprint density at radius 1 is 1.38 bits per heavy atom. The van der Waals surface area contributed by atoms with Gasteiger partial charge in [-0.05, 0) is 43.5 Å². The minimum Gasteiger partial charge on any atom is -0.299 e. The SMILES string of the molecule is O=S(=O)(O)c1cc2c(s1)C1CCN(CC1)C2. The summed E-state index contributed by atoms with van der Waals surface area (Å²) in [5, 5.41) is 0. The average Bonchev–Trinajstić information content (AvgIpc) is 2.50. The normalized spacial score (nSPS) is 28.8. The Morgan fingerprint density at radius 2 is 2.06 bits per heavy atom. The molecule has 6 heteroatoms. The van der Waals surface area contributed by atoms with Crippen LogP contribution in [-0.4, -0.2) is 31.0 Å². The minimum atomic E-state index is -4.03. The van der Waals surface area contributed by atoms with E-state index in [1.807, 2.05) is 0 Å². The summed E-state index contributed by atoms with van der Waals surface area (Å²) in [5.41, 5.74) is 1.10. The van der Waals surface area contributed by atoms with E-state index in [4.69, 9.17) is 4.55 Å². The summed E-state index contributed by atoms with van der Waals surface area (Å²) < 4.78 is 31.3. The molecular weight excluding hydrogens is 246 g/mol. The molecule has 0 unspecified atom stereocenters. The van der Waals surface area contributed by atoms with Crippen LogP contribution in [0.3, 0.4) is 0 Å². The fourth-order valence-electron chi connectivity index (χ4n) is 2.61. The van der Waals surface area contributed by atoms with Gasteiger partial charge in [0.1, 0.15) is 4.21 Å². The maximum absolute atomic E-state index is 11.1. The maximum Gasteiger partial charge on any atom is 0.304 e. The molecule has 0 aliphatic carbocycles. The molecule has 3 aliphatic rings. The van der Waals surface area contributed by atoms with E-state index in [0.29, 0.717) is 5.92 Å². The van der Waals surface area contributed by atoms with Gasteiger partial charge in [-0.3, -0.25) is 9.45 Å². The Labute approximate surface area is 98.6 Å². The molecule has 1 aromatic heterocycles. The van der Waals surface area contributed by atoms with Crippen molar-refractivity contribution in [2.75, 3.05) is 13.1 Å². The zero-order chi connectivity index (χ0) is 11.3. The molecule has 1 saturated heterocycles. The van der Waals surface area contributed by atoms with Crippen molar-refractivity contribution in [3.05, 3.63) is 16.5 Å². The van der Waals surface area contributed by atoms with Gasteiger partial charge < -0.3 is 0 Å². The molecule has 4 heterocycles. The zero-order valence-electron chi connectivity index (χ0n) is 8.72. The molecule has 4 nitrogen and oxygen atoms in total. The molecule has 0 atom stereocenters. The third-order valence-electron chi connectivity index (χ3n) is 3.43. The van der Waals surface area contributed by atoms with Crippen molar-refractivity contribution in [2.45, 2.75) is 29.5 Å². The Kier molecular flexibility index (Phi) is 2.36. The molecule has 3 aliphatic heterocycles. The van der Waals surface area contributed by atoms with E-state index in [-0.39, 0.29) is 4.21 Å². The Bertz CT molecular complexity index is 512. The smallest absolute Gasteiger partial charge is 0.299 e. The van der Waals surface area contributed by atoms with Crippen LogP contribution < -0.4 is 0 Å². The van der Waals surface area contributed by atoms with Crippen LogP contribution in [0.2, 0.25) is 0 Å². The predicted molar refractivity (Wildman–Crippen MR) is 61.4 cm³/mol. The lowest BCUT2D eigenvalue weighted by Gasteiger charge is -2.26. The number of fused-ring (bicyclic) bond motifs is 2. The number of hydrogen-bond acceptors (Lipinski definition) is 4. The lowest BCUT2D eigenvalue weighted by atomic mass is 9.96. The van der Waals surface area contributed by atoms with Crippen molar-refractivity contribution in [1.82, 2.24) is 4.90 Å². The van der Waals surface area contributed by atoms with Gasteiger partial charge >= 0.3 is 10.1 Å². The monoisotopic (exact) mass is 259 g/mol. The topological polar surface area (TPSA) is 57.6 Å². The minimum absolute atomic E-state index is 0.103. The molecule has 0 amide bonds. The highest BCUT2D eigenvalue weighted by atomic mass is 32.3. The first kappa shape index (κ1) is 10.7. The second kappa shape index (κ2) is 3.53. The first-order valence-corrected chi connectivity index (χ1v) is 7.62. The van der Waals surface area contributed by atoms with Gasteiger partial charge in [0.15, 0.2) is 0 Å². The van der Waals surface area contributed by atoms with Crippen molar-refractivity contribution < 1.29 is 13.0 Å². The van der Waals surface area contributed by atoms with Crippen LogP contribution in [-0.2, 0) is 16.7 Å². The molecule has 4 rings (SSSR count). The number of thiophene rings is 1. The fourth-order valence-corrected chi connectivity index (χ4v) is 4.66. The van der Waals surface area contributed by atoms with Crippen LogP contribution in [0.4, 0.5) is 0 Å². The van der Waals surface area contributed by atoms with E-state index < -0.39 is 10.1 Å². The van der Waals surface area contributed by atoms with Gasteiger partial charge in [0.25, 0.3) is 0 Å². The van der Waals surface area contributed by atoms with Crippen LogP contribution in [0.25, 0.3) is 0 Å². The summed E-state index contributed by atoms with van der Waals surface area (Å²) in [6, 6.07) is 1.64. The highest BCUT2D eigenvalue weighted by Gasteiger charge is 2.31. The van der Waals surface area contributed by atoms with Crippen LogP contribution in [0.1, 0.15) is 29.2 Å². The van der Waals surface area contributed by atoms with Crippen LogP contribution in [0, 0.1) is 0 Å². The molecule has 16 heavy (non-hydrogen) atoms. The first-order chi connectivity index (χ1) is 7.54. The lowest BCUT2D eigenvalue weighted by Crippen LogP contribution is -2.28. The lowest BCUT2D eigenvalue weighted by molar-refractivity contribution is 0.221. The summed E-state index contributed by atoms with van der Waals surface area (Å²) in [6.07, 6.45) is 2.22. The summed E-state index contributed by atoms with van der Waals surface area (Å²) in [7, 11) is -4.03. The molecule has 88 valence electrons. The van der Waals surface area contributed by atoms with Gasteiger partial charge in [0, 0.05) is 11.4 Å². The van der Waals surface area contributed by atoms with Gasteiger partial charge in [0.2, 0.25) is 0 Å². The van der Waals surface area contributed by atoms with Crippen LogP contribution >= 0.6 is 11.3 Å². The van der Waals surface area contributed by atoms with Gasteiger partial charge in [-0.2, -0.15) is 8.42 Å². The molecule has 0 saturated carbocycles. The number of nitrogens with zero attached hydrogens (tertiary/aromatic N) is 1. The summed E-state index contributed by atoms with van der Waals surface area (Å²) in [6.45, 7) is 3.04. The second-order valence-corrected chi connectivity index (χ2v) is 7.21. The van der Waals surface area contributed by atoms with Crippen molar-refractivity contribution >= 4 is 21.5 Å². The molecule has 2 bridgehead atoms. The largest absolute Gasteiger partial charge is 0.304 e. The highest BCUT2D eigenvalue weighted by molar-refractivity contribution is 7.88.